The van der Waals surface area contributed by atoms with Crippen LogP contribution >= 0.6 is 22.9 Å². The van der Waals surface area contributed by atoms with Crippen LogP contribution in [0.3, 0.4) is 0 Å². The van der Waals surface area contributed by atoms with Gasteiger partial charge in [0.15, 0.2) is 0 Å². The second-order valence-electron chi connectivity index (χ2n) is 10.0. The number of aryl methyl sites for hydroxylation is 3. The fourth-order valence-corrected chi connectivity index (χ4v) is 6.57. The number of aromatic nitrogens is 1. The van der Waals surface area contributed by atoms with Crippen molar-refractivity contribution in [3.63, 3.8) is 0 Å². The second-order valence-corrected chi connectivity index (χ2v) is 11.4. The van der Waals surface area contributed by atoms with Gasteiger partial charge < -0.3 is 16.4 Å². The number of benzene rings is 2. The monoisotopic (exact) mass is 546 g/mol. The highest BCUT2D eigenvalue weighted by Gasteiger charge is 2.28. The average molecular weight is 547 g/mol. The molecule has 2 amide bonds. The van der Waals surface area contributed by atoms with E-state index < -0.39 is 0 Å². The standard InChI is InChI=1S/C30H31ClN4O2S/c1-16-13-14-22(17(2)15-16)35-28(36)23-18(3)33-30-25(24(23)20-11-7-8-12-21(20)31)26(32)27(38-30)29(37)34-19-9-5-4-6-10-19/h7-8,11-15,19H,4-6,9-10,32H2,1-3H3,(H,34,37)(H,35,36). The highest BCUT2D eigenvalue weighted by atomic mass is 35.5. The summed E-state index contributed by atoms with van der Waals surface area (Å²) in [7, 11) is 0. The average Bonchev–Trinajstić information content (AvgIpc) is 3.21. The Hall–Kier alpha value is -3.42. The number of carbonyl (C=O) groups is 2. The van der Waals surface area contributed by atoms with E-state index in [2.05, 4.69) is 10.6 Å². The number of nitrogen functional groups attached to an aromatic ring is 1. The van der Waals surface area contributed by atoms with Crippen molar-refractivity contribution in [2.75, 3.05) is 11.1 Å². The molecular formula is C30H31ClN4O2S. The molecule has 2 heterocycles. The third kappa shape index (κ3) is 5.00. The minimum absolute atomic E-state index is 0.151. The summed E-state index contributed by atoms with van der Waals surface area (Å²) in [6.45, 7) is 5.77. The van der Waals surface area contributed by atoms with Gasteiger partial charge in [0, 0.05) is 33.3 Å². The quantitative estimate of drug-likeness (QED) is 0.242. The topological polar surface area (TPSA) is 97.1 Å². The van der Waals surface area contributed by atoms with E-state index in [1.807, 2.05) is 50.2 Å². The fourth-order valence-electron chi connectivity index (χ4n) is 5.28. The van der Waals surface area contributed by atoms with E-state index in [4.69, 9.17) is 22.3 Å². The van der Waals surface area contributed by atoms with Gasteiger partial charge in [-0.1, -0.05) is 66.8 Å². The number of fused-ring (bicyclic) bond motifs is 1. The maximum absolute atomic E-state index is 13.8. The summed E-state index contributed by atoms with van der Waals surface area (Å²) < 4.78 is 0. The minimum Gasteiger partial charge on any atom is -0.397 e. The first-order valence-corrected chi connectivity index (χ1v) is 14.1. The summed E-state index contributed by atoms with van der Waals surface area (Å²) in [6.07, 6.45) is 5.38. The van der Waals surface area contributed by atoms with Gasteiger partial charge in [-0.05, 0) is 51.3 Å². The van der Waals surface area contributed by atoms with Crippen LogP contribution in [-0.2, 0) is 0 Å². The van der Waals surface area contributed by atoms with Gasteiger partial charge in [-0.25, -0.2) is 4.98 Å². The Morgan fingerprint density at radius 2 is 1.76 bits per heavy atom. The van der Waals surface area contributed by atoms with Crippen LogP contribution in [0.1, 0.15) is 69.0 Å². The maximum Gasteiger partial charge on any atom is 0.263 e. The number of rotatable bonds is 5. The van der Waals surface area contributed by atoms with Crippen molar-refractivity contribution in [2.24, 2.45) is 0 Å². The number of carbonyl (C=O) groups excluding carboxylic acids is 2. The van der Waals surface area contributed by atoms with Crippen LogP contribution < -0.4 is 16.4 Å². The van der Waals surface area contributed by atoms with E-state index in [0.29, 0.717) is 48.2 Å². The number of nitrogens with zero attached hydrogens (tertiary/aromatic N) is 1. The molecule has 1 fully saturated rings. The van der Waals surface area contributed by atoms with Crippen molar-refractivity contribution in [2.45, 2.75) is 58.9 Å². The second kappa shape index (κ2) is 10.8. The number of pyridine rings is 1. The van der Waals surface area contributed by atoms with E-state index in [1.165, 1.54) is 17.8 Å². The Morgan fingerprint density at radius 1 is 1.03 bits per heavy atom. The van der Waals surface area contributed by atoms with Crippen molar-refractivity contribution in [1.29, 1.82) is 0 Å². The predicted octanol–water partition coefficient (Wildman–Crippen LogP) is 7.44. The Labute approximate surface area is 231 Å². The molecule has 0 unspecified atom stereocenters. The van der Waals surface area contributed by atoms with Crippen molar-refractivity contribution in [1.82, 2.24) is 10.3 Å². The summed E-state index contributed by atoms with van der Waals surface area (Å²) in [6, 6.07) is 13.4. The van der Waals surface area contributed by atoms with Gasteiger partial charge in [-0.2, -0.15) is 0 Å². The Kier molecular flexibility index (Phi) is 7.41. The number of hydrogen-bond acceptors (Lipinski definition) is 5. The molecule has 38 heavy (non-hydrogen) atoms. The van der Waals surface area contributed by atoms with Gasteiger partial charge in [0.25, 0.3) is 11.8 Å². The first-order chi connectivity index (χ1) is 18.2. The van der Waals surface area contributed by atoms with Gasteiger partial charge in [0.1, 0.15) is 9.71 Å². The Balaban J connectivity index is 1.66. The molecule has 4 N–H and O–H groups in total. The summed E-state index contributed by atoms with van der Waals surface area (Å²) in [5.74, 6) is -0.501. The zero-order valence-electron chi connectivity index (χ0n) is 21.8. The van der Waals surface area contributed by atoms with Crippen LogP contribution in [0.5, 0.6) is 0 Å². The summed E-state index contributed by atoms with van der Waals surface area (Å²) in [4.78, 5) is 32.9. The lowest BCUT2D eigenvalue weighted by atomic mass is 9.94. The molecule has 1 saturated carbocycles. The summed E-state index contributed by atoms with van der Waals surface area (Å²) in [5.41, 5.74) is 12.0. The molecular weight excluding hydrogens is 516 g/mol. The molecule has 0 saturated heterocycles. The van der Waals surface area contributed by atoms with Crippen molar-refractivity contribution < 1.29 is 9.59 Å². The van der Waals surface area contributed by atoms with E-state index in [-0.39, 0.29) is 17.9 Å². The van der Waals surface area contributed by atoms with Gasteiger partial charge in [-0.3, -0.25) is 9.59 Å². The smallest absolute Gasteiger partial charge is 0.263 e. The van der Waals surface area contributed by atoms with Gasteiger partial charge >= 0.3 is 0 Å². The van der Waals surface area contributed by atoms with E-state index in [1.54, 1.807) is 13.0 Å². The largest absolute Gasteiger partial charge is 0.397 e. The number of anilines is 2. The molecule has 0 radical (unpaired) electrons. The number of amides is 2. The Bertz CT molecular complexity index is 1560. The Morgan fingerprint density at radius 3 is 2.47 bits per heavy atom. The lowest BCUT2D eigenvalue weighted by Gasteiger charge is -2.22. The third-order valence-corrected chi connectivity index (χ3v) is 8.63. The van der Waals surface area contributed by atoms with Gasteiger partial charge in [0.2, 0.25) is 0 Å². The van der Waals surface area contributed by atoms with Crippen LogP contribution in [0, 0.1) is 20.8 Å². The number of nitrogens with one attached hydrogen (secondary N) is 2. The zero-order chi connectivity index (χ0) is 27.0. The minimum atomic E-state index is -0.308. The molecule has 2 aromatic carbocycles. The predicted molar refractivity (Wildman–Crippen MR) is 157 cm³/mol. The van der Waals surface area contributed by atoms with Crippen molar-refractivity contribution in [3.8, 4) is 11.1 Å². The molecule has 0 spiro atoms. The normalized spacial score (nSPS) is 14.0. The first-order valence-electron chi connectivity index (χ1n) is 12.9. The van der Waals surface area contributed by atoms with Crippen LogP contribution in [0.2, 0.25) is 5.02 Å². The van der Waals surface area contributed by atoms with Crippen molar-refractivity contribution >= 4 is 56.3 Å². The summed E-state index contributed by atoms with van der Waals surface area (Å²) in [5, 5.41) is 7.28. The number of thiophene rings is 1. The van der Waals surface area contributed by atoms with Crippen molar-refractivity contribution in [3.05, 3.63) is 74.7 Å². The fraction of sp³-hybridized carbons (Fsp3) is 0.300. The zero-order valence-corrected chi connectivity index (χ0v) is 23.4. The molecule has 4 aromatic rings. The van der Waals surface area contributed by atoms with E-state index in [0.717, 1.165) is 42.5 Å². The summed E-state index contributed by atoms with van der Waals surface area (Å²) >= 11 is 7.93. The third-order valence-electron chi connectivity index (χ3n) is 7.20. The lowest BCUT2D eigenvalue weighted by molar-refractivity contribution is 0.0932. The molecule has 196 valence electrons. The maximum atomic E-state index is 13.8. The first kappa shape index (κ1) is 26.2. The molecule has 0 atom stereocenters. The van der Waals surface area contributed by atoms with Crippen LogP contribution in [-0.4, -0.2) is 22.8 Å². The highest BCUT2D eigenvalue weighted by Crippen LogP contribution is 2.44. The molecule has 8 heteroatoms. The van der Waals surface area contributed by atoms with E-state index >= 15 is 0 Å². The van der Waals surface area contributed by atoms with Gasteiger partial charge in [-0.15, -0.1) is 11.3 Å². The molecule has 0 bridgehead atoms. The number of nitrogens with two attached hydrogens (primary N) is 1. The van der Waals surface area contributed by atoms with Gasteiger partial charge in [0.05, 0.1) is 16.9 Å². The molecule has 2 aromatic heterocycles. The van der Waals surface area contributed by atoms with Crippen LogP contribution in [0.4, 0.5) is 11.4 Å². The van der Waals surface area contributed by atoms with E-state index in [9.17, 15) is 9.59 Å². The number of halogens is 1. The molecule has 1 aliphatic carbocycles. The van der Waals surface area contributed by atoms with Crippen LogP contribution in [0.15, 0.2) is 42.5 Å². The number of hydrogen-bond donors (Lipinski definition) is 3. The molecule has 6 nitrogen and oxygen atoms in total. The molecule has 5 rings (SSSR count). The molecule has 0 aliphatic heterocycles. The SMILES string of the molecule is Cc1ccc(NC(=O)c2c(C)nc3sc(C(=O)NC4CCCCC4)c(N)c3c2-c2ccccc2Cl)c(C)c1. The van der Waals surface area contributed by atoms with Crippen LogP contribution in [0.25, 0.3) is 21.3 Å². The highest BCUT2D eigenvalue weighted by molar-refractivity contribution is 7.21. The lowest BCUT2D eigenvalue weighted by Crippen LogP contribution is -2.36. The molecule has 1 aliphatic rings.